The van der Waals surface area contributed by atoms with Gasteiger partial charge in [0.25, 0.3) is 10.0 Å². The van der Waals surface area contributed by atoms with Gasteiger partial charge in [0.05, 0.1) is 22.5 Å². The van der Waals surface area contributed by atoms with Gasteiger partial charge in [0, 0.05) is 0 Å². The largest absolute Gasteiger partial charge is 0.396 e. The predicted molar refractivity (Wildman–Crippen MR) is 65.8 cm³/mol. The second kappa shape index (κ2) is 4.81. The molecule has 0 amide bonds. The summed E-state index contributed by atoms with van der Waals surface area (Å²) in [5.74, 6) is -1.43. The summed E-state index contributed by atoms with van der Waals surface area (Å²) in [6.45, 7) is 0. The Bertz CT molecular complexity index is 702. The number of pyridine rings is 1. The zero-order chi connectivity index (χ0) is 14.0. The van der Waals surface area contributed by atoms with Crippen LogP contribution in [0.4, 0.5) is 20.2 Å². The summed E-state index contributed by atoms with van der Waals surface area (Å²) >= 11 is 0. The lowest BCUT2D eigenvalue weighted by Crippen LogP contribution is -2.13. The fraction of sp³-hybridized carbons (Fsp3) is 0. The highest BCUT2D eigenvalue weighted by molar-refractivity contribution is 7.92. The van der Waals surface area contributed by atoms with Crippen molar-refractivity contribution >= 4 is 21.4 Å². The van der Waals surface area contributed by atoms with Crippen LogP contribution in [0, 0.1) is 11.8 Å². The summed E-state index contributed by atoms with van der Waals surface area (Å²) < 4.78 is 51.6. The van der Waals surface area contributed by atoms with Gasteiger partial charge in [-0.1, -0.05) is 0 Å². The number of sulfonamides is 1. The summed E-state index contributed by atoms with van der Waals surface area (Å²) in [5.41, 5.74) is 5.11. The topological polar surface area (TPSA) is 85.1 Å². The second-order valence-electron chi connectivity index (χ2n) is 3.66. The SMILES string of the molecule is Nc1cc(S(=O)(=O)Nc2ccc(F)nc2)ccc1F. The van der Waals surface area contributed by atoms with Gasteiger partial charge >= 0.3 is 0 Å². The Hall–Kier alpha value is -2.22. The molecule has 2 aromatic rings. The molecule has 5 nitrogen and oxygen atoms in total. The van der Waals surface area contributed by atoms with Crippen molar-refractivity contribution in [1.82, 2.24) is 4.98 Å². The van der Waals surface area contributed by atoms with Gasteiger partial charge in [-0.3, -0.25) is 4.72 Å². The first kappa shape index (κ1) is 13.2. The number of hydrogen-bond donors (Lipinski definition) is 2. The Morgan fingerprint density at radius 1 is 1.16 bits per heavy atom. The molecule has 2 rings (SSSR count). The van der Waals surface area contributed by atoms with E-state index in [1.54, 1.807) is 0 Å². The van der Waals surface area contributed by atoms with E-state index in [-0.39, 0.29) is 16.3 Å². The van der Waals surface area contributed by atoms with E-state index >= 15 is 0 Å². The summed E-state index contributed by atoms with van der Waals surface area (Å²) in [7, 11) is -3.92. The first-order valence-electron chi connectivity index (χ1n) is 5.08. The van der Waals surface area contributed by atoms with Gasteiger partial charge < -0.3 is 5.73 Å². The number of rotatable bonds is 3. The first-order chi connectivity index (χ1) is 8.88. The maximum Gasteiger partial charge on any atom is 0.262 e. The second-order valence-corrected chi connectivity index (χ2v) is 5.34. The molecule has 0 aliphatic rings. The lowest BCUT2D eigenvalue weighted by Gasteiger charge is -2.08. The summed E-state index contributed by atoms with van der Waals surface area (Å²) in [6.07, 6.45) is 1.03. The molecule has 0 aliphatic heterocycles. The summed E-state index contributed by atoms with van der Waals surface area (Å²) in [5, 5.41) is 0. The number of benzene rings is 1. The van der Waals surface area contributed by atoms with Gasteiger partial charge in [-0.2, -0.15) is 4.39 Å². The van der Waals surface area contributed by atoms with Gasteiger partial charge in [-0.15, -0.1) is 0 Å². The van der Waals surface area contributed by atoms with Gasteiger partial charge in [-0.05, 0) is 30.3 Å². The third-order valence-corrected chi connectivity index (χ3v) is 3.64. The van der Waals surface area contributed by atoms with Crippen molar-refractivity contribution in [2.24, 2.45) is 0 Å². The molecule has 0 aliphatic carbocycles. The van der Waals surface area contributed by atoms with E-state index in [9.17, 15) is 17.2 Å². The number of aromatic nitrogens is 1. The zero-order valence-electron chi connectivity index (χ0n) is 9.47. The quantitative estimate of drug-likeness (QED) is 0.664. The van der Waals surface area contributed by atoms with Crippen LogP contribution in [0.25, 0.3) is 0 Å². The van der Waals surface area contributed by atoms with Gasteiger partial charge in [0.15, 0.2) is 0 Å². The summed E-state index contributed by atoms with van der Waals surface area (Å²) in [4.78, 5) is 3.11. The minimum Gasteiger partial charge on any atom is -0.396 e. The Morgan fingerprint density at radius 3 is 2.47 bits per heavy atom. The maximum atomic E-state index is 13.0. The molecule has 0 spiro atoms. The number of nitrogens with zero attached hydrogens (tertiary/aromatic N) is 1. The molecular formula is C11H9F2N3O2S. The molecule has 1 aromatic carbocycles. The zero-order valence-corrected chi connectivity index (χ0v) is 10.3. The van der Waals surface area contributed by atoms with Crippen LogP contribution in [0.5, 0.6) is 0 Å². The van der Waals surface area contributed by atoms with E-state index in [0.29, 0.717) is 0 Å². The molecule has 0 atom stereocenters. The Morgan fingerprint density at radius 2 is 1.89 bits per heavy atom. The monoisotopic (exact) mass is 285 g/mol. The molecule has 0 radical (unpaired) electrons. The average molecular weight is 285 g/mol. The van der Waals surface area contributed by atoms with E-state index in [4.69, 9.17) is 5.73 Å². The third kappa shape index (κ3) is 2.97. The van der Waals surface area contributed by atoms with Crippen molar-refractivity contribution < 1.29 is 17.2 Å². The molecule has 100 valence electrons. The average Bonchev–Trinajstić information content (AvgIpc) is 2.35. The number of nitrogens with one attached hydrogen (secondary N) is 1. The fourth-order valence-corrected chi connectivity index (χ4v) is 2.42. The van der Waals surface area contributed by atoms with E-state index < -0.39 is 21.8 Å². The standard InChI is InChI=1S/C11H9F2N3O2S/c12-9-3-2-8(5-10(9)14)19(17,18)16-7-1-4-11(13)15-6-7/h1-6,16H,14H2. The normalized spacial score (nSPS) is 11.3. The Balaban J connectivity index is 2.32. The van der Waals surface area contributed by atoms with Crippen molar-refractivity contribution in [2.75, 3.05) is 10.5 Å². The molecule has 0 fully saturated rings. The van der Waals surface area contributed by atoms with Gasteiger partial charge in [0.1, 0.15) is 5.82 Å². The third-order valence-electron chi connectivity index (χ3n) is 2.26. The number of halogens is 2. The van der Waals surface area contributed by atoms with Gasteiger partial charge in [-0.25, -0.2) is 17.8 Å². The minimum atomic E-state index is -3.92. The molecule has 19 heavy (non-hydrogen) atoms. The number of nitrogens with two attached hydrogens (primary N) is 1. The number of nitrogen functional groups attached to an aromatic ring is 1. The smallest absolute Gasteiger partial charge is 0.262 e. The van der Waals surface area contributed by atoms with Crippen molar-refractivity contribution in [3.05, 3.63) is 48.3 Å². The van der Waals surface area contributed by atoms with E-state index in [0.717, 1.165) is 30.5 Å². The maximum absolute atomic E-state index is 13.0. The lowest BCUT2D eigenvalue weighted by atomic mass is 10.3. The van der Waals surface area contributed by atoms with Crippen LogP contribution in [0.1, 0.15) is 0 Å². The molecule has 0 saturated heterocycles. The molecule has 0 saturated carbocycles. The highest BCUT2D eigenvalue weighted by atomic mass is 32.2. The van der Waals surface area contributed by atoms with E-state index in [2.05, 4.69) is 9.71 Å². The molecule has 3 N–H and O–H groups in total. The van der Waals surface area contributed by atoms with Crippen LogP contribution >= 0.6 is 0 Å². The van der Waals surface area contributed by atoms with Crippen LogP contribution in [0.15, 0.2) is 41.4 Å². The Kier molecular flexibility index (Phi) is 3.34. The number of hydrogen-bond acceptors (Lipinski definition) is 4. The minimum absolute atomic E-state index is 0.0873. The highest BCUT2D eigenvalue weighted by Crippen LogP contribution is 2.19. The van der Waals surface area contributed by atoms with Crippen molar-refractivity contribution in [1.29, 1.82) is 0 Å². The van der Waals surface area contributed by atoms with Crippen molar-refractivity contribution in [3.8, 4) is 0 Å². The molecule has 8 heteroatoms. The fourth-order valence-electron chi connectivity index (χ4n) is 1.34. The van der Waals surface area contributed by atoms with Crippen molar-refractivity contribution in [2.45, 2.75) is 4.90 Å². The van der Waals surface area contributed by atoms with Crippen LogP contribution in [-0.2, 0) is 10.0 Å². The Labute approximate surface area is 108 Å². The van der Waals surface area contributed by atoms with Crippen molar-refractivity contribution in [3.63, 3.8) is 0 Å². The van der Waals surface area contributed by atoms with Crippen LogP contribution in [0.2, 0.25) is 0 Å². The molecule has 0 unspecified atom stereocenters. The first-order valence-corrected chi connectivity index (χ1v) is 6.56. The van der Waals surface area contributed by atoms with Crippen LogP contribution in [0.3, 0.4) is 0 Å². The summed E-state index contributed by atoms with van der Waals surface area (Å²) in [6, 6.07) is 5.25. The molecule has 0 bridgehead atoms. The number of anilines is 2. The highest BCUT2D eigenvalue weighted by Gasteiger charge is 2.15. The van der Waals surface area contributed by atoms with Gasteiger partial charge in [0.2, 0.25) is 5.95 Å². The van der Waals surface area contributed by atoms with Crippen LogP contribution in [-0.4, -0.2) is 13.4 Å². The predicted octanol–water partition coefficient (Wildman–Crippen LogP) is 1.74. The van der Waals surface area contributed by atoms with E-state index in [1.165, 1.54) is 6.07 Å². The molecule has 1 heterocycles. The molecule has 1 aromatic heterocycles. The molecular weight excluding hydrogens is 276 g/mol. The van der Waals surface area contributed by atoms with E-state index in [1.807, 2.05) is 0 Å². The lowest BCUT2D eigenvalue weighted by molar-refractivity contribution is 0.583. The van der Waals surface area contributed by atoms with Crippen LogP contribution < -0.4 is 10.5 Å².